The Morgan fingerprint density at radius 2 is 1.92 bits per heavy atom. The summed E-state index contributed by atoms with van der Waals surface area (Å²) in [6.45, 7) is 5.53. The Kier molecular flexibility index (Phi) is 4.83. The third-order valence-electron chi connectivity index (χ3n) is 4.21. The molecule has 7 nitrogen and oxygen atoms in total. The zero-order valence-corrected chi connectivity index (χ0v) is 15.0. The number of carbonyl (C=O) groups is 2. The first kappa shape index (κ1) is 17.5. The van der Waals surface area contributed by atoms with Gasteiger partial charge in [0, 0.05) is 24.2 Å². The summed E-state index contributed by atoms with van der Waals surface area (Å²) in [5.74, 6) is 0.894. The van der Waals surface area contributed by atoms with Gasteiger partial charge >= 0.3 is 6.09 Å². The van der Waals surface area contributed by atoms with E-state index in [1.165, 1.54) is 0 Å². The van der Waals surface area contributed by atoms with Gasteiger partial charge in [-0.15, -0.1) is 0 Å². The van der Waals surface area contributed by atoms with Crippen LogP contribution in [0, 0.1) is 5.92 Å². The Balaban J connectivity index is 1.47. The number of nitrogens with one attached hydrogen (secondary N) is 3. The number of ether oxygens (including phenoxy) is 1. The number of amides is 2. The molecule has 0 unspecified atom stereocenters. The molecule has 0 saturated heterocycles. The Hall–Kier alpha value is -2.31. The van der Waals surface area contributed by atoms with Crippen molar-refractivity contribution in [1.29, 1.82) is 0 Å². The van der Waals surface area contributed by atoms with E-state index in [1.807, 2.05) is 26.8 Å². The van der Waals surface area contributed by atoms with Crippen LogP contribution in [-0.4, -0.2) is 34.7 Å². The summed E-state index contributed by atoms with van der Waals surface area (Å²) in [6, 6.07) is 3.97. The van der Waals surface area contributed by atoms with Crippen molar-refractivity contribution in [2.75, 3.05) is 10.6 Å². The number of anilines is 2. The first-order valence-corrected chi connectivity index (χ1v) is 8.82. The number of rotatable bonds is 5. The van der Waals surface area contributed by atoms with Crippen LogP contribution in [0.25, 0.3) is 0 Å². The van der Waals surface area contributed by atoms with Crippen LogP contribution in [0.15, 0.2) is 18.3 Å². The quantitative estimate of drug-likeness (QED) is 0.762. The van der Waals surface area contributed by atoms with Crippen LogP contribution in [0.4, 0.5) is 16.3 Å². The molecule has 2 fully saturated rings. The highest BCUT2D eigenvalue weighted by Crippen LogP contribution is 2.32. The van der Waals surface area contributed by atoms with Gasteiger partial charge in [-0.25, -0.2) is 9.78 Å². The van der Waals surface area contributed by atoms with Gasteiger partial charge in [0.2, 0.25) is 5.91 Å². The van der Waals surface area contributed by atoms with Gasteiger partial charge in [-0.2, -0.15) is 0 Å². The molecule has 0 radical (unpaired) electrons. The van der Waals surface area contributed by atoms with Crippen LogP contribution in [0.3, 0.4) is 0 Å². The molecule has 0 aliphatic heterocycles. The molecule has 136 valence electrons. The lowest BCUT2D eigenvalue weighted by atomic mass is 9.87. The van der Waals surface area contributed by atoms with E-state index in [-0.39, 0.29) is 30.0 Å². The van der Waals surface area contributed by atoms with E-state index in [4.69, 9.17) is 4.74 Å². The Labute approximate surface area is 147 Å². The molecule has 2 aliphatic carbocycles. The largest absolute Gasteiger partial charge is 0.444 e. The van der Waals surface area contributed by atoms with Crippen LogP contribution < -0.4 is 16.0 Å². The first-order valence-electron chi connectivity index (χ1n) is 8.82. The standard InChI is InChI=1S/C18H26N4O3/c1-18(2,3)25-17(24)21-13-9-12(10-13)20-15-14(5-4-8-19-15)22-16(23)11-6-7-11/h4-5,8,11-13H,6-7,9-10H2,1-3H3,(H,19,20)(H,21,24)(H,22,23)/t12-,13-. The Morgan fingerprint density at radius 1 is 1.20 bits per heavy atom. The van der Waals surface area contributed by atoms with Crippen LogP contribution >= 0.6 is 0 Å². The second-order valence-corrected chi connectivity index (χ2v) is 7.82. The maximum atomic E-state index is 12.0. The summed E-state index contributed by atoms with van der Waals surface area (Å²) in [6.07, 6.45) is 4.85. The smallest absolute Gasteiger partial charge is 0.407 e. The van der Waals surface area contributed by atoms with Crippen molar-refractivity contribution in [3.05, 3.63) is 18.3 Å². The van der Waals surface area contributed by atoms with Crippen molar-refractivity contribution in [1.82, 2.24) is 10.3 Å². The predicted molar refractivity (Wildman–Crippen MR) is 95.4 cm³/mol. The molecule has 0 bridgehead atoms. The number of nitrogens with zero attached hydrogens (tertiary/aromatic N) is 1. The van der Waals surface area contributed by atoms with E-state index >= 15 is 0 Å². The molecule has 0 spiro atoms. The van der Waals surface area contributed by atoms with Crippen molar-refractivity contribution >= 4 is 23.5 Å². The number of hydrogen-bond donors (Lipinski definition) is 3. The monoisotopic (exact) mass is 346 g/mol. The minimum atomic E-state index is -0.492. The van der Waals surface area contributed by atoms with Gasteiger partial charge in [0.15, 0.2) is 0 Å². The fourth-order valence-corrected chi connectivity index (χ4v) is 2.72. The highest BCUT2D eigenvalue weighted by molar-refractivity contribution is 5.96. The molecule has 25 heavy (non-hydrogen) atoms. The molecule has 3 rings (SSSR count). The normalized spacial score (nSPS) is 22.5. The minimum absolute atomic E-state index is 0.0640. The van der Waals surface area contributed by atoms with Gasteiger partial charge in [0.05, 0.1) is 5.69 Å². The summed E-state index contributed by atoms with van der Waals surface area (Å²) in [5.41, 5.74) is 0.219. The van der Waals surface area contributed by atoms with Gasteiger partial charge in [-0.1, -0.05) is 0 Å². The number of aromatic nitrogens is 1. The zero-order chi connectivity index (χ0) is 18.0. The molecule has 3 N–H and O–H groups in total. The third kappa shape index (κ3) is 5.08. The van der Waals surface area contributed by atoms with Gasteiger partial charge in [-0.3, -0.25) is 4.79 Å². The van der Waals surface area contributed by atoms with E-state index < -0.39 is 5.60 Å². The second kappa shape index (κ2) is 6.90. The summed E-state index contributed by atoms with van der Waals surface area (Å²) in [4.78, 5) is 28.0. The summed E-state index contributed by atoms with van der Waals surface area (Å²) < 4.78 is 5.26. The van der Waals surface area contributed by atoms with Crippen molar-refractivity contribution in [2.24, 2.45) is 5.92 Å². The topological polar surface area (TPSA) is 92.3 Å². The van der Waals surface area contributed by atoms with Crippen LogP contribution in [0.5, 0.6) is 0 Å². The molecule has 0 atom stereocenters. The highest BCUT2D eigenvalue weighted by atomic mass is 16.6. The van der Waals surface area contributed by atoms with Gasteiger partial charge in [-0.05, 0) is 58.6 Å². The molecule has 2 amide bonds. The average Bonchev–Trinajstić information content (AvgIpc) is 3.29. The molecule has 1 aromatic heterocycles. The fourth-order valence-electron chi connectivity index (χ4n) is 2.72. The molecular weight excluding hydrogens is 320 g/mol. The van der Waals surface area contributed by atoms with E-state index in [1.54, 1.807) is 12.3 Å². The van der Waals surface area contributed by atoms with Crippen molar-refractivity contribution < 1.29 is 14.3 Å². The predicted octanol–water partition coefficient (Wildman–Crippen LogP) is 2.90. The molecule has 7 heteroatoms. The van der Waals surface area contributed by atoms with E-state index in [9.17, 15) is 9.59 Å². The maximum Gasteiger partial charge on any atom is 0.407 e. The Morgan fingerprint density at radius 3 is 2.56 bits per heavy atom. The second-order valence-electron chi connectivity index (χ2n) is 7.82. The number of hydrogen-bond acceptors (Lipinski definition) is 5. The van der Waals surface area contributed by atoms with Crippen molar-refractivity contribution in [3.8, 4) is 0 Å². The maximum absolute atomic E-state index is 12.0. The molecule has 2 aliphatic rings. The van der Waals surface area contributed by atoms with E-state index in [2.05, 4.69) is 20.9 Å². The molecular formula is C18H26N4O3. The number of pyridine rings is 1. The lowest BCUT2D eigenvalue weighted by molar-refractivity contribution is -0.117. The van der Waals surface area contributed by atoms with Crippen molar-refractivity contribution in [2.45, 2.75) is 64.1 Å². The third-order valence-corrected chi connectivity index (χ3v) is 4.21. The van der Waals surface area contributed by atoms with E-state index in [0.29, 0.717) is 11.5 Å². The number of alkyl carbamates (subject to hydrolysis) is 1. The lowest BCUT2D eigenvalue weighted by Crippen LogP contribution is -2.50. The zero-order valence-electron chi connectivity index (χ0n) is 15.0. The van der Waals surface area contributed by atoms with E-state index in [0.717, 1.165) is 25.7 Å². The number of carbonyl (C=O) groups excluding carboxylic acids is 2. The summed E-state index contributed by atoms with van der Waals surface area (Å²) in [7, 11) is 0. The minimum Gasteiger partial charge on any atom is -0.444 e. The molecule has 2 saturated carbocycles. The van der Waals surface area contributed by atoms with Gasteiger partial charge < -0.3 is 20.7 Å². The van der Waals surface area contributed by atoms with Crippen LogP contribution in [0.2, 0.25) is 0 Å². The fraction of sp³-hybridized carbons (Fsp3) is 0.611. The van der Waals surface area contributed by atoms with Crippen molar-refractivity contribution in [3.63, 3.8) is 0 Å². The Bertz CT molecular complexity index is 646. The van der Waals surface area contributed by atoms with Crippen LogP contribution in [-0.2, 0) is 9.53 Å². The molecule has 1 heterocycles. The van der Waals surface area contributed by atoms with Gasteiger partial charge in [0.1, 0.15) is 11.4 Å². The molecule has 0 aromatic carbocycles. The highest BCUT2D eigenvalue weighted by Gasteiger charge is 2.33. The summed E-state index contributed by atoms with van der Waals surface area (Å²) in [5, 5.41) is 9.15. The van der Waals surface area contributed by atoms with Gasteiger partial charge in [0.25, 0.3) is 0 Å². The van der Waals surface area contributed by atoms with Crippen LogP contribution in [0.1, 0.15) is 46.5 Å². The summed E-state index contributed by atoms with van der Waals surface area (Å²) >= 11 is 0. The average molecular weight is 346 g/mol. The lowest BCUT2D eigenvalue weighted by Gasteiger charge is -2.37. The molecule has 1 aromatic rings. The SMILES string of the molecule is CC(C)(C)OC(=O)N[C@H]1C[C@H](Nc2ncccc2NC(=O)C2CC2)C1. The first-order chi connectivity index (χ1) is 11.8.